The van der Waals surface area contributed by atoms with Gasteiger partial charge in [0.2, 0.25) is 6.33 Å². The van der Waals surface area contributed by atoms with Crippen molar-refractivity contribution in [1.82, 2.24) is 4.57 Å². The monoisotopic (exact) mass is 366 g/mol. The topological polar surface area (TPSA) is 35.1 Å². The molecule has 0 atom stereocenters. The van der Waals surface area contributed by atoms with E-state index in [4.69, 9.17) is 0 Å². The molecular formula is C13H23IN2O2. The number of ether oxygens (including phenoxy) is 1. The van der Waals surface area contributed by atoms with Crippen LogP contribution in [0.15, 0.2) is 12.5 Å². The quantitative estimate of drug-likeness (QED) is 0.258. The van der Waals surface area contributed by atoms with Crippen LogP contribution in [0.5, 0.6) is 0 Å². The van der Waals surface area contributed by atoms with Gasteiger partial charge in [0.15, 0.2) is 0 Å². The van der Waals surface area contributed by atoms with Crippen molar-refractivity contribution < 1.29 is 38.1 Å². The zero-order valence-corrected chi connectivity index (χ0v) is 13.6. The van der Waals surface area contributed by atoms with Crippen LogP contribution in [0.2, 0.25) is 0 Å². The lowest BCUT2D eigenvalue weighted by molar-refractivity contribution is -0.671. The number of rotatable bonds is 7. The Morgan fingerprint density at radius 2 is 2.17 bits per heavy atom. The molecule has 0 bridgehead atoms. The minimum Gasteiger partial charge on any atom is -1.00 e. The molecule has 0 aliphatic carbocycles. The third-order valence-electron chi connectivity index (χ3n) is 2.86. The molecule has 0 N–H and O–H groups in total. The molecular weight excluding hydrogens is 343 g/mol. The van der Waals surface area contributed by atoms with Gasteiger partial charge in [0.05, 0.1) is 27.1 Å². The number of imidazole rings is 1. The number of carbonyl (C=O) groups is 1. The molecule has 0 unspecified atom stereocenters. The van der Waals surface area contributed by atoms with E-state index in [1.165, 1.54) is 32.1 Å². The first-order valence-electron chi connectivity index (χ1n) is 6.28. The van der Waals surface area contributed by atoms with E-state index in [0.717, 1.165) is 13.0 Å². The van der Waals surface area contributed by atoms with Crippen LogP contribution in [0, 0.1) is 0 Å². The number of hydrogen-bond acceptors (Lipinski definition) is 2. The van der Waals surface area contributed by atoms with Gasteiger partial charge in [-0.3, -0.25) is 4.79 Å². The third-order valence-corrected chi connectivity index (χ3v) is 2.86. The molecule has 1 rings (SSSR count). The fraction of sp³-hybridized carbons (Fsp3) is 0.692. The summed E-state index contributed by atoms with van der Waals surface area (Å²) in [6.07, 6.45) is 9.03. The molecule has 4 nitrogen and oxygen atoms in total. The fourth-order valence-corrected chi connectivity index (χ4v) is 1.91. The first-order chi connectivity index (χ1) is 8.17. The number of aryl methyl sites for hydroxylation is 3. The van der Waals surface area contributed by atoms with Crippen LogP contribution < -0.4 is 28.5 Å². The largest absolute Gasteiger partial charge is 1.00 e. The lowest BCUT2D eigenvalue weighted by Gasteiger charge is -2.01. The predicted molar refractivity (Wildman–Crippen MR) is 65.5 cm³/mol. The first kappa shape index (κ1) is 17.4. The van der Waals surface area contributed by atoms with Crippen LogP contribution in [0.1, 0.15) is 38.3 Å². The van der Waals surface area contributed by atoms with Gasteiger partial charge in [-0.2, -0.15) is 0 Å². The van der Waals surface area contributed by atoms with Crippen molar-refractivity contribution in [3.8, 4) is 0 Å². The molecule has 0 aromatic carbocycles. The molecule has 0 saturated heterocycles. The van der Waals surface area contributed by atoms with Gasteiger partial charge in [-0.15, -0.1) is 0 Å². The van der Waals surface area contributed by atoms with Crippen molar-refractivity contribution in [2.24, 2.45) is 7.05 Å². The lowest BCUT2D eigenvalue weighted by Crippen LogP contribution is -3.00. The van der Waals surface area contributed by atoms with E-state index < -0.39 is 0 Å². The van der Waals surface area contributed by atoms with Crippen LogP contribution in [-0.4, -0.2) is 17.6 Å². The van der Waals surface area contributed by atoms with E-state index in [-0.39, 0.29) is 29.9 Å². The summed E-state index contributed by atoms with van der Waals surface area (Å²) in [7, 11) is 3.45. The summed E-state index contributed by atoms with van der Waals surface area (Å²) in [6.45, 7) is 3.24. The van der Waals surface area contributed by atoms with Gasteiger partial charge in [0.25, 0.3) is 0 Å². The molecule has 0 aliphatic heterocycles. The van der Waals surface area contributed by atoms with Crippen molar-refractivity contribution in [3.05, 3.63) is 18.2 Å². The summed E-state index contributed by atoms with van der Waals surface area (Å²) in [5, 5.41) is 0. The number of carbonyl (C=O) groups excluding carboxylic acids is 1. The van der Waals surface area contributed by atoms with E-state index >= 15 is 0 Å². The second-order valence-corrected chi connectivity index (χ2v) is 4.38. The summed E-state index contributed by atoms with van der Waals surface area (Å²) in [5.41, 5.74) is 1.20. The number of aromatic nitrogens is 2. The van der Waals surface area contributed by atoms with Gasteiger partial charge < -0.3 is 28.7 Å². The van der Waals surface area contributed by atoms with Crippen molar-refractivity contribution in [1.29, 1.82) is 0 Å². The van der Waals surface area contributed by atoms with E-state index in [2.05, 4.69) is 28.8 Å². The molecule has 0 amide bonds. The first-order valence-corrected chi connectivity index (χ1v) is 6.28. The van der Waals surface area contributed by atoms with E-state index in [0.29, 0.717) is 6.42 Å². The Balaban J connectivity index is 0.00000289. The molecule has 0 saturated carbocycles. The lowest BCUT2D eigenvalue weighted by atomic mass is 10.2. The van der Waals surface area contributed by atoms with Crippen molar-refractivity contribution in [3.63, 3.8) is 0 Å². The summed E-state index contributed by atoms with van der Waals surface area (Å²) >= 11 is 0. The third kappa shape index (κ3) is 5.84. The van der Waals surface area contributed by atoms with Crippen LogP contribution in [0.4, 0.5) is 0 Å². The van der Waals surface area contributed by atoms with Crippen molar-refractivity contribution >= 4 is 5.97 Å². The van der Waals surface area contributed by atoms with Gasteiger partial charge in [0.1, 0.15) is 11.9 Å². The highest BCUT2D eigenvalue weighted by Crippen LogP contribution is 2.06. The molecule has 18 heavy (non-hydrogen) atoms. The average molecular weight is 366 g/mol. The highest BCUT2D eigenvalue weighted by Gasteiger charge is 2.13. The molecule has 0 aliphatic rings. The predicted octanol–water partition coefficient (Wildman–Crippen LogP) is -1.39. The van der Waals surface area contributed by atoms with Crippen molar-refractivity contribution in [2.75, 3.05) is 7.11 Å². The number of halogens is 1. The Hall–Kier alpha value is -0.590. The van der Waals surface area contributed by atoms with Crippen LogP contribution in [0.3, 0.4) is 0 Å². The zero-order chi connectivity index (χ0) is 12.7. The Labute approximate surface area is 126 Å². The molecule has 0 spiro atoms. The second-order valence-electron chi connectivity index (χ2n) is 4.38. The van der Waals surface area contributed by atoms with Crippen LogP contribution in [-0.2, 0) is 29.5 Å². The molecule has 1 aromatic rings. The molecule has 0 fully saturated rings. The number of nitrogens with zero attached hydrogens (tertiary/aromatic N) is 2. The standard InChI is InChI=1S/C13H23N2O2.HI/c1-4-5-6-9-15-11-14(2)10-12(15)7-8-13(16)17-3;/h10-11H,4-9H2,1-3H3;1H/q+1;/p-1. The molecule has 104 valence electrons. The van der Waals surface area contributed by atoms with E-state index in [1.807, 2.05) is 11.6 Å². The zero-order valence-electron chi connectivity index (χ0n) is 11.5. The summed E-state index contributed by atoms with van der Waals surface area (Å²) in [5.74, 6) is -0.144. The smallest absolute Gasteiger partial charge is 0.305 e. The van der Waals surface area contributed by atoms with Gasteiger partial charge in [-0.25, -0.2) is 9.13 Å². The van der Waals surface area contributed by atoms with Gasteiger partial charge >= 0.3 is 5.97 Å². The van der Waals surface area contributed by atoms with Crippen LogP contribution in [0.25, 0.3) is 0 Å². The molecule has 0 radical (unpaired) electrons. The van der Waals surface area contributed by atoms with Gasteiger partial charge in [-0.1, -0.05) is 13.3 Å². The SMILES string of the molecule is CCCCCn1c[n+](C)cc1CCC(=O)OC.[I-]. The average Bonchev–Trinajstić information content (AvgIpc) is 2.67. The summed E-state index contributed by atoms with van der Waals surface area (Å²) < 4.78 is 8.94. The maximum Gasteiger partial charge on any atom is 0.305 e. The molecule has 1 aromatic heterocycles. The number of methoxy groups -OCH3 is 1. The molecule has 5 heteroatoms. The normalized spacial score (nSPS) is 9.94. The minimum absolute atomic E-state index is 0. The summed E-state index contributed by atoms with van der Waals surface area (Å²) in [4.78, 5) is 11.1. The fourth-order valence-electron chi connectivity index (χ4n) is 1.91. The van der Waals surface area contributed by atoms with E-state index in [1.54, 1.807) is 0 Å². The second kappa shape index (κ2) is 9.35. The van der Waals surface area contributed by atoms with Crippen LogP contribution >= 0.6 is 0 Å². The van der Waals surface area contributed by atoms with Gasteiger partial charge in [-0.05, 0) is 12.8 Å². The maximum absolute atomic E-state index is 11.1. The summed E-state index contributed by atoms with van der Waals surface area (Å²) in [6, 6.07) is 0. The van der Waals surface area contributed by atoms with Crippen molar-refractivity contribution in [2.45, 2.75) is 45.6 Å². The Morgan fingerprint density at radius 3 is 2.78 bits per heavy atom. The highest BCUT2D eigenvalue weighted by molar-refractivity contribution is 5.69. The number of hydrogen-bond donors (Lipinski definition) is 0. The Morgan fingerprint density at radius 1 is 1.44 bits per heavy atom. The molecule has 1 heterocycles. The van der Waals surface area contributed by atoms with E-state index in [9.17, 15) is 4.79 Å². The Kier molecular flexibility index (Phi) is 9.05. The van der Waals surface area contributed by atoms with Gasteiger partial charge in [0, 0.05) is 6.42 Å². The Bertz CT molecular complexity index is 364. The number of esters is 1. The maximum atomic E-state index is 11.1. The highest BCUT2D eigenvalue weighted by atomic mass is 127. The minimum atomic E-state index is -0.144. The number of unbranched alkanes of at least 4 members (excludes halogenated alkanes) is 2.